The summed E-state index contributed by atoms with van der Waals surface area (Å²) < 4.78 is 0. The standard InChI is InChI=1S/C19H22N2O/c1-3-15-8-4-6-10-17(15)20-13-19(22)21-14(2)12-16-9-5-7-11-18(16)21/h4-11,14,20H,3,12-13H2,1-2H3. The second kappa shape index (κ2) is 6.22. The molecule has 1 heterocycles. The Kier molecular flexibility index (Phi) is 4.14. The molecular weight excluding hydrogens is 272 g/mol. The molecule has 0 saturated carbocycles. The first kappa shape index (κ1) is 14.6. The van der Waals surface area contributed by atoms with Gasteiger partial charge in [0.1, 0.15) is 0 Å². The molecule has 0 saturated heterocycles. The molecule has 0 spiro atoms. The Bertz CT molecular complexity index is 681. The van der Waals surface area contributed by atoms with E-state index in [-0.39, 0.29) is 11.9 Å². The molecule has 1 aliphatic heterocycles. The summed E-state index contributed by atoms with van der Waals surface area (Å²) in [5.41, 5.74) is 4.62. The molecule has 2 aromatic rings. The summed E-state index contributed by atoms with van der Waals surface area (Å²) in [4.78, 5) is 14.6. The van der Waals surface area contributed by atoms with E-state index in [1.54, 1.807) is 0 Å². The first-order valence-electron chi connectivity index (χ1n) is 7.92. The Morgan fingerprint density at radius 3 is 2.73 bits per heavy atom. The van der Waals surface area contributed by atoms with E-state index in [2.05, 4.69) is 31.3 Å². The average molecular weight is 294 g/mol. The van der Waals surface area contributed by atoms with E-state index in [9.17, 15) is 4.79 Å². The van der Waals surface area contributed by atoms with Gasteiger partial charge in [0.25, 0.3) is 0 Å². The molecule has 1 amide bonds. The number of hydrogen-bond acceptors (Lipinski definition) is 2. The number of aryl methyl sites for hydroxylation is 1. The Balaban J connectivity index is 1.73. The van der Waals surface area contributed by atoms with Gasteiger partial charge in [0, 0.05) is 17.4 Å². The van der Waals surface area contributed by atoms with Gasteiger partial charge in [-0.1, -0.05) is 43.3 Å². The number of carbonyl (C=O) groups is 1. The minimum Gasteiger partial charge on any atom is -0.376 e. The van der Waals surface area contributed by atoms with E-state index in [4.69, 9.17) is 0 Å². The van der Waals surface area contributed by atoms with Crippen LogP contribution in [0.15, 0.2) is 48.5 Å². The van der Waals surface area contributed by atoms with Crippen molar-refractivity contribution in [2.45, 2.75) is 32.7 Å². The molecule has 1 atom stereocenters. The molecule has 1 aliphatic rings. The van der Waals surface area contributed by atoms with Crippen LogP contribution < -0.4 is 10.2 Å². The van der Waals surface area contributed by atoms with Gasteiger partial charge in [0.2, 0.25) is 5.91 Å². The summed E-state index contributed by atoms with van der Waals surface area (Å²) >= 11 is 0. The van der Waals surface area contributed by atoms with Crippen molar-refractivity contribution in [3.8, 4) is 0 Å². The summed E-state index contributed by atoms with van der Waals surface area (Å²) in [6.45, 7) is 4.56. The van der Waals surface area contributed by atoms with Gasteiger partial charge in [-0.15, -0.1) is 0 Å². The molecule has 1 unspecified atom stereocenters. The molecule has 22 heavy (non-hydrogen) atoms. The van der Waals surface area contributed by atoms with Crippen LogP contribution in [-0.2, 0) is 17.6 Å². The fourth-order valence-corrected chi connectivity index (χ4v) is 3.20. The van der Waals surface area contributed by atoms with Crippen LogP contribution in [0.1, 0.15) is 25.0 Å². The minimum absolute atomic E-state index is 0.128. The van der Waals surface area contributed by atoms with E-state index in [1.165, 1.54) is 11.1 Å². The second-order valence-electron chi connectivity index (χ2n) is 5.81. The van der Waals surface area contributed by atoms with Crippen molar-refractivity contribution in [1.29, 1.82) is 0 Å². The summed E-state index contributed by atoms with van der Waals surface area (Å²) in [5, 5.41) is 3.30. The third kappa shape index (κ3) is 2.71. The summed E-state index contributed by atoms with van der Waals surface area (Å²) in [7, 11) is 0. The van der Waals surface area contributed by atoms with Gasteiger partial charge in [-0.05, 0) is 43.0 Å². The minimum atomic E-state index is 0.128. The van der Waals surface area contributed by atoms with E-state index < -0.39 is 0 Å². The number of amides is 1. The molecule has 3 heteroatoms. The molecule has 3 rings (SSSR count). The highest BCUT2D eigenvalue weighted by molar-refractivity contribution is 5.98. The van der Waals surface area contributed by atoms with Gasteiger partial charge < -0.3 is 10.2 Å². The number of carbonyl (C=O) groups excluding carboxylic acids is 1. The first-order chi connectivity index (χ1) is 10.7. The molecule has 0 radical (unpaired) electrons. The van der Waals surface area contributed by atoms with Crippen LogP contribution in [-0.4, -0.2) is 18.5 Å². The van der Waals surface area contributed by atoms with Crippen molar-refractivity contribution in [3.05, 3.63) is 59.7 Å². The number of nitrogens with one attached hydrogen (secondary N) is 1. The van der Waals surface area contributed by atoms with Crippen LogP contribution in [0, 0.1) is 0 Å². The number of benzene rings is 2. The highest BCUT2D eigenvalue weighted by Crippen LogP contribution is 2.31. The Morgan fingerprint density at radius 1 is 1.18 bits per heavy atom. The van der Waals surface area contributed by atoms with Gasteiger partial charge in [0.15, 0.2) is 0 Å². The van der Waals surface area contributed by atoms with Crippen molar-refractivity contribution in [2.24, 2.45) is 0 Å². The smallest absolute Gasteiger partial charge is 0.246 e. The maximum atomic E-state index is 12.7. The summed E-state index contributed by atoms with van der Waals surface area (Å²) in [5.74, 6) is 0.128. The van der Waals surface area contributed by atoms with Crippen LogP contribution in [0.4, 0.5) is 11.4 Å². The summed E-state index contributed by atoms with van der Waals surface area (Å²) in [6, 6.07) is 16.6. The summed E-state index contributed by atoms with van der Waals surface area (Å²) in [6.07, 6.45) is 1.90. The topological polar surface area (TPSA) is 32.3 Å². The maximum Gasteiger partial charge on any atom is 0.246 e. The predicted molar refractivity (Wildman–Crippen MR) is 91.4 cm³/mol. The SMILES string of the molecule is CCc1ccccc1NCC(=O)N1c2ccccc2CC1C. The first-order valence-corrected chi connectivity index (χ1v) is 7.92. The Hall–Kier alpha value is -2.29. The van der Waals surface area contributed by atoms with Crippen LogP contribution in [0.3, 0.4) is 0 Å². The van der Waals surface area contributed by atoms with Crippen LogP contribution >= 0.6 is 0 Å². The van der Waals surface area contributed by atoms with Gasteiger partial charge in [0.05, 0.1) is 6.54 Å². The largest absolute Gasteiger partial charge is 0.376 e. The molecule has 0 aromatic heterocycles. The average Bonchev–Trinajstić information content (AvgIpc) is 2.88. The molecule has 0 aliphatic carbocycles. The predicted octanol–water partition coefficient (Wildman–Crippen LogP) is 3.64. The number of anilines is 2. The van der Waals surface area contributed by atoms with Gasteiger partial charge in [-0.25, -0.2) is 0 Å². The van der Waals surface area contributed by atoms with Crippen LogP contribution in [0.5, 0.6) is 0 Å². The highest BCUT2D eigenvalue weighted by Gasteiger charge is 2.30. The zero-order chi connectivity index (χ0) is 15.5. The number of nitrogens with zero attached hydrogens (tertiary/aromatic N) is 1. The lowest BCUT2D eigenvalue weighted by atomic mass is 10.1. The van der Waals surface area contributed by atoms with E-state index in [0.29, 0.717) is 6.54 Å². The molecule has 1 N–H and O–H groups in total. The number of fused-ring (bicyclic) bond motifs is 1. The third-order valence-corrected chi connectivity index (χ3v) is 4.30. The number of para-hydroxylation sites is 2. The normalized spacial score (nSPS) is 16.5. The zero-order valence-electron chi connectivity index (χ0n) is 13.2. The lowest BCUT2D eigenvalue weighted by Crippen LogP contribution is -2.39. The quantitative estimate of drug-likeness (QED) is 0.933. The fraction of sp³-hybridized carbons (Fsp3) is 0.316. The van der Waals surface area contributed by atoms with Crippen molar-refractivity contribution in [1.82, 2.24) is 0 Å². The van der Waals surface area contributed by atoms with Crippen molar-refractivity contribution >= 4 is 17.3 Å². The zero-order valence-corrected chi connectivity index (χ0v) is 13.2. The Morgan fingerprint density at radius 2 is 1.91 bits per heavy atom. The molecule has 0 bridgehead atoms. The van der Waals surface area contributed by atoms with Gasteiger partial charge in [-0.2, -0.15) is 0 Å². The molecule has 3 nitrogen and oxygen atoms in total. The lowest BCUT2D eigenvalue weighted by molar-refractivity contribution is -0.117. The maximum absolute atomic E-state index is 12.7. The molecule has 0 fully saturated rings. The number of hydrogen-bond donors (Lipinski definition) is 1. The highest BCUT2D eigenvalue weighted by atomic mass is 16.2. The fourth-order valence-electron chi connectivity index (χ4n) is 3.20. The van der Waals surface area contributed by atoms with Crippen molar-refractivity contribution in [2.75, 3.05) is 16.8 Å². The second-order valence-corrected chi connectivity index (χ2v) is 5.81. The third-order valence-electron chi connectivity index (χ3n) is 4.30. The monoisotopic (exact) mass is 294 g/mol. The van der Waals surface area contributed by atoms with Gasteiger partial charge in [-0.3, -0.25) is 4.79 Å². The lowest BCUT2D eigenvalue weighted by Gasteiger charge is -2.23. The van der Waals surface area contributed by atoms with E-state index in [1.807, 2.05) is 41.3 Å². The molecular formula is C19H22N2O. The van der Waals surface area contributed by atoms with Crippen molar-refractivity contribution < 1.29 is 4.79 Å². The van der Waals surface area contributed by atoms with Crippen molar-refractivity contribution in [3.63, 3.8) is 0 Å². The number of rotatable bonds is 4. The molecule has 2 aromatic carbocycles. The van der Waals surface area contributed by atoms with E-state index in [0.717, 1.165) is 24.2 Å². The van der Waals surface area contributed by atoms with Crippen LogP contribution in [0.25, 0.3) is 0 Å². The molecule has 114 valence electrons. The van der Waals surface area contributed by atoms with Gasteiger partial charge >= 0.3 is 0 Å². The van der Waals surface area contributed by atoms with E-state index >= 15 is 0 Å². The Labute approximate surface area is 132 Å². The van der Waals surface area contributed by atoms with Crippen LogP contribution in [0.2, 0.25) is 0 Å².